The Morgan fingerprint density at radius 1 is 1.23 bits per heavy atom. The number of nitrogens with one attached hydrogen (secondary N) is 1. The lowest BCUT2D eigenvalue weighted by Crippen LogP contribution is -2.32. The maximum Gasteiger partial charge on any atom is 0.309 e. The van der Waals surface area contributed by atoms with Gasteiger partial charge in [0, 0.05) is 6.54 Å². The van der Waals surface area contributed by atoms with Crippen molar-refractivity contribution in [1.82, 2.24) is 5.32 Å². The quantitative estimate of drug-likeness (QED) is 0.606. The van der Waals surface area contributed by atoms with Crippen molar-refractivity contribution in [3.05, 3.63) is 11.6 Å². The van der Waals surface area contributed by atoms with E-state index in [1.807, 2.05) is 0 Å². The number of amides is 1. The van der Waals surface area contributed by atoms with Gasteiger partial charge in [-0.1, -0.05) is 18.1 Å². The lowest BCUT2D eigenvalue weighted by atomic mass is 9.89. The first-order chi connectivity index (χ1) is 10.7. The van der Waals surface area contributed by atoms with Crippen LogP contribution in [0.2, 0.25) is 0 Å². The highest BCUT2D eigenvalue weighted by atomic mass is 16.5. The molecule has 0 aliphatic heterocycles. The summed E-state index contributed by atoms with van der Waals surface area (Å²) in [6.45, 7) is 0.530. The summed E-state index contributed by atoms with van der Waals surface area (Å²) in [5.74, 6) is 0.961. The van der Waals surface area contributed by atoms with Gasteiger partial charge in [0.25, 0.3) is 5.91 Å². The van der Waals surface area contributed by atoms with Crippen LogP contribution < -0.4 is 5.32 Å². The largest absolute Gasteiger partial charge is 0.455 e. The van der Waals surface area contributed by atoms with Crippen molar-refractivity contribution in [3.63, 3.8) is 0 Å². The third kappa shape index (κ3) is 3.90. The average molecular weight is 305 g/mol. The van der Waals surface area contributed by atoms with Crippen LogP contribution in [-0.2, 0) is 14.3 Å². The Labute approximate surface area is 132 Å². The third-order valence-corrected chi connectivity index (χ3v) is 5.54. The number of hydrogen-bond acceptors (Lipinski definition) is 3. The number of carbonyl (C=O) groups is 2. The minimum atomic E-state index is -0.173. The van der Waals surface area contributed by atoms with E-state index in [0.29, 0.717) is 12.5 Å². The number of esters is 1. The zero-order valence-corrected chi connectivity index (χ0v) is 13.3. The molecule has 1 amide bonds. The van der Waals surface area contributed by atoms with Crippen LogP contribution in [0.15, 0.2) is 11.6 Å². The van der Waals surface area contributed by atoms with Crippen molar-refractivity contribution >= 4 is 11.9 Å². The molecule has 3 rings (SSSR count). The number of carbonyl (C=O) groups excluding carboxylic acids is 2. The topological polar surface area (TPSA) is 55.4 Å². The molecule has 0 radical (unpaired) electrons. The van der Waals surface area contributed by atoms with Crippen LogP contribution in [0.3, 0.4) is 0 Å². The summed E-state index contributed by atoms with van der Waals surface area (Å²) in [5.41, 5.74) is 1.45. The molecule has 3 aliphatic carbocycles. The Morgan fingerprint density at radius 2 is 2.14 bits per heavy atom. The second kappa shape index (κ2) is 7.30. The molecule has 2 saturated carbocycles. The van der Waals surface area contributed by atoms with Gasteiger partial charge in [-0.2, -0.15) is 0 Å². The zero-order valence-electron chi connectivity index (χ0n) is 13.3. The molecule has 3 aliphatic rings. The van der Waals surface area contributed by atoms with Gasteiger partial charge >= 0.3 is 5.97 Å². The Bertz CT molecular complexity index is 457. The SMILES string of the molecule is O=C(COC(=O)C1CC2CCC1C2)NCCC1=CCCCC1. The molecule has 1 N–H and O–H groups in total. The second-order valence-electron chi connectivity index (χ2n) is 7.10. The second-order valence-corrected chi connectivity index (χ2v) is 7.10. The van der Waals surface area contributed by atoms with Crippen LogP contribution in [0.5, 0.6) is 0 Å². The van der Waals surface area contributed by atoms with Crippen LogP contribution >= 0.6 is 0 Å². The van der Waals surface area contributed by atoms with Crippen LogP contribution in [-0.4, -0.2) is 25.0 Å². The predicted molar refractivity (Wildman–Crippen MR) is 84.1 cm³/mol. The van der Waals surface area contributed by atoms with Gasteiger partial charge in [-0.05, 0) is 63.2 Å². The monoisotopic (exact) mass is 305 g/mol. The smallest absolute Gasteiger partial charge is 0.309 e. The molecule has 0 saturated heterocycles. The highest BCUT2D eigenvalue weighted by Gasteiger charge is 2.43. The fourth-order valence-corrected chi connectivity index (χ4v) is 4.32. The van der Waals surface area contributed by atoms with Gasteiger partial charge in [0.05, 0.1) is 5.92 Å². The minimum Gasteiger partial charge on any atom is -0.455 e. The summed E-state index contributed by atoms with van der Waals surface area (Å²) < 4.78 is 5.22. The van der Waals surface area contributed by atoms with Crippen molar-refractivity contribution in [2.24, 2.45) is 17.8 Å². The standard InChI is InChI=1S/C18H27NO3/c20-17(19-9-8-13-4-2-1-3-5-13)12-22-18(21)16-11-14-6-7-15(16)10-14/h4,14-16H,1-3,5-12H2,(H,19,20). The van der Waals surface area contributed by atoms with E-state index in [1.54, 1.807) is 0 Å². The molecule has 4 nitrogen and oxygen atoms in total. The van der Waals surface area contributed by atoms with Crippen LogP contribution in [0.4, 0.5) is 0 Å². The fraction of sp³-hybridized carbons (Fsp3) is 0.778. The summed E-state index contributed by atoms with van der Waals surface area (Å²) in [5, 5.41) is 2.85. The maximum atomic E-state index is 12.0. The fourth-order valence-electron chi connectivity index (χ4n) is 4.32. The number of hydrogen-bond donors (Lipinski definition) is 1. The molecule has 2 fully saturated rings. The van der Waals surface area contributed by atoms with Crippen LogP contribution in [0, 0.1) is 17.8 Å². The summed E-state index contributed by atoms with van der Waals surface area (Å²) in [7, 11) is 0. The van der Waals surface area contributed by atoms with E-state index >= 15 is 0 Å². The third-order valence-electron chi connectivity index (χ3n) is 5.54. The minimum absolute atomic E-state index is 0.0546. The molecule has 0 aromatic heterocycles. The van der Waals surface area contributed by atoms with Crippen LogP contribution in [0.1, 0.15) is 57.8 Å². The van der Waals surface area contributed by atoms with Gasteiger partial charge in [-0.3, -0.25) is 9.59 Å². The van der Waals surface area contributed by atoms with E-state index in [1.165, 1.54) is 37.7 Å². The molecule has 22 heavy (non-hydrogen) atoms. The predicted octanol–water partition coefficient (Wildman–Crippen LogP) is 2.97. The molecule has 122 valence electrons. The molecule has 3 unspecified atom stereocenters. The van der Waals surface area contributed by atoms with Crippen molar-refractivity contribution in [3.8, 4) is 0 Å². The van der Waals surface area contributed by atoms with Gasteiger partial charge in [0.1, 0.15) is 0 Å². The normalized spacial score (nSPS) is 30.0. The molecular weight excluding hydrogens is 278 g/mol. The van der Waals surface area contributed by atoms with E-state index in [2.05, 4.69) is 11.4 Å². The summed E-state index contributed by atoms with van der Waals surface area (Å²) >= 11 is 0. The van der Waals surface area contributed by atoms with E-state index in [9.17, 15) is 9.59 Å². The first-order valence-electron chi connectivity index (χ1n) is 8.83. The summed E-state index contributed by atoms with van der Waals surface area (Å²) in [6.07, 6.45) is 12.7. The highest BCUT2D eigenvalue weighted by molar-refractivity contribution is 5.81. The first kappa shape index (κ1) is 15.6. The van der Waals surface area contributed by atoms with Gasteiger partial charge in [-0.25, -0.2) is 0 Å². The van der Waals surface area contributed by atoms with Gasteiger partial charge in [0.15, 0.2) is 6.61 Å². The Morgan fingerprint density at radius 3 is 2.82 bits per heavy atom. The lowest BCUT2D eigenvalue weighted by molar-refractivity contribution is -0.154. The summed E-state index contributed by atoms with van der Waals surface area (Å²) in [4.78, 5) is 23.8. The molecular formula is C18H27NO3. The molecule has 2 bridgehead atoms. The van der Waals surface area contributed by atoms with Crippen molar-refractivity contribution in [2.45, 2.75) is 57.8 Å². The number of allylic oxidation sites excluding steroid dienone is 1. The average Bonchev–Trinajstić information content (AvgIpc) is 3.17. The van der Waals surface area contributed by atoms with E-state index in [0.717, 1.165) is 31.6 Å². The van der Waals surface area contributed by atoms with Crippen molar-refractivity contribution in [1.29, 1.82) is 0 Å². The molecule has 0 heterocycles. The Balaban J connectivity index is 1.30. The molecule has 4 heteroatoms. The number of ether oxygens (including phenoxy) is 1. The van der Waals surface area contributed by atoms with E-state index in [-0.39, 0.29) is 24.4 Å². The maximum absolute atomic E-state index is 12.0. The van der Waals surface area contributed by atoms with Crippen molar-refractivity contribution < 1.29 is 14.3 Å². The Kier molecular flexibility index (Phi) is 5.16. The lowest BCUT2D eigenvalue weighted by Gasteiger charge is -2.19. The molecule has 3 atom stereocenters. The molecule has 0 aromatic carbocycles. The Hall–Kier alpha value is -1.32. The van der Waals surface area contributed by atoms with Gasteiger partial charge < -0.3 is 10.1 Å². The molecule has 0 spiro atoms. The van der Waals surface area contributed by atoms with E-state index in [4.69, 9.17) is 4.74 Å². The summed E-state index contributed by atoms with van der Waals surface area (Å²) in [6, 6.07) is 0. The highest BCUT2D eigenvalue weighted by Crippen LogP contribution is 2.48. The molecule has 0 aromatic rings. The number of fused-ring (bicyclic) bond motifs is 2. The van der Waals surface area contributed by atoms with Gasteiger partial charge in [-0.15, -0.1) is 0 Å². The van der Waals surface area contributed by atoms with Crippen molar-refractivity contribution in [2.75, 3.05) is 13.2 Å². The zero-order chi connectivity index (χ0) is 15.4. The van der Waals surface area contributed by atoms with Gasteiger partial charge in [0.2, 0.25) is 0 Å². The van der Waals surface area contributed by atoms with Crippen LogP contribution in [0.25, 0.3) is 0 Å². The van der Waals surface area contributed by atoms with E-state index < -0.39 is 0 Å². The number of rotatable bonds is 6. The first-order valence-corrected chi connectivity index (χ1v) is 8.83.